The standard InChI is InChI=1S/C12H14N4O2S/c1-3-18-12-14-11(15-16-12)13-10(17)8-4-6-9(19-2)7-5-8/h4-7H,3H2,1-2H3,(H2,13,14,15,16,17). The topological polar surface area (TPSA) is 79.9 Å². The third-order valence-electron chi connectivity index (χ3n) is 2.32. The molecule has 0 unspecified atom stereocenters. The lowest BCUT2D eigenvalue weighted by Gasteiger charge is -2.02. The summed E-state index contributed by atoms with van der Waals surface area (Å²) in [5.41, 5.74) is 0.562. The number of ether oxygens (including phenoxy) is 1. The van der Waals surface area contributed by atoms with Gasteiger partial charge >= 0.3 is 6.01 Å². The van der Waals surface area contributed by atoms with Gasteiger partial charge in [-0.15, -0.1) is 16.9 Å². The van der Waals surface area contributed by atoms with Crippen LogP contribution in [0.15, 0.2) is 29.2 Å². The molecule has 1 aromatic carbocycles. The SMILES string of the molecule is CCOc1n[nH]c(NC(=O)c2ccc(SC)cc2)n1. The predicted octanol–water partition coefficient (Wildman–Crippen LogP) is 2.18. The minimum Gasteiger partial charge on any atom is -0.463 e. The van der Waals surface area contributed by atoms with Crippen LogP contribution in [0, 0.1) is 0 Å². The van der Waals surface area contributed by atoms with Crippen LogP contribution in [0.1, 0.15) is 17.3 Å². The molecule has 1 aromatic heterocycles. The molecule has 0 fully saturated rings. The number of benzene rings is 1. The fourth-order valence-corrected chi connectivity index (χ4v) is 1.83. The van der Waals surface area contributed by atoms with Crippen molar-refractivity contribution in [3.8, 4) is 6.01 Å². The average Bonchev–Trinajstić information content (AvgIpc) is 2.86. The smallest absolute Gasteiger partial charge is 0.337 e. The highest BCUT2D eigenvalue weighted by Crippen LogP contribution is 2.15. The molecule has 0 aliphatic heterocycles. The lowest BCUT2D eigenvalue weighted by atomic mass is 10.2. The number of rotatable bonds is 5. The van der Waals surface area contributed by atoms with E-state index in [2.05, 4.69) is 20.5 Å². The molecule has 0 saturated carbocycles. The molecule has 2 aromatic rings. The van der Waals surface area contributed by atoms with Crippen molar-refractivity contribution in [2.75, 3.05) is 18.2 Å². The summed E-state index contributed by atoms with van der Waals surface area (Å²) in [6, 6.07) is 7.54. The van der Waals surface area contributed by atoms with Crippen molar-refractivity contribution in [2.45, 2.75) is 11.8 Å². The number of amides is 1. The fourth-order valence-electron chi connectivity index (χ4n) is 1.42. The monoisotopic (exact) mass is 278 g/mol. The molecule has 0 bridgehead atoms. The summed E-state index contributed by atoms with van der Waals surface area (Å²) in [5, 5.41) is 9.01. The highest BCUT2D eigenvalue weighted by atomic mass is 32.2. The van der Waals surface area contributed by atoms with Gasteiger partial charge in [0.2, 0.25) is 5.95 Å². The minimum atomic E-state index is -0.244. The summed E-state index contributed by atoms with van der Waals surface area (Å²) < 4.78 is 5.10. The van der Waals surface area contributed by atoms with E-state index in [9.17, 15) is 4.79 Å². The van der Waals surface area contributed by atoms with Gasteiger partial charge < -0.3 is 4.74 Å². The Kier molecular flexibility index (Phi) is 4.40. The van der Waals surface area contributed by atoms with E-state index in [0.717, 1.165) is 4.90 Å². The minimum absolute atomic E-state index is 0.218. The first kappa shape index (κ1) is 13.4. The first-order valence-corrected chi connectivity index (χ1v) is 6.96. The molecule has 2 rings (SSSR count). The van der Waals surface area contributed by atoms with Crippen LogP contribution < -0.4 is 10.1 Å². The van der Waals surface area contributed by atoms with E-state index in [1.54, 1.807) is 23.9 Å². The maximum absolute atomic E-state index is 11.9. The Labute approximate surface area is 115 Å². The van der Waals surface area contributed by atoms with Crippen LogP contribution in [0.2, 0.25) is 0 Å². The van der Waals surface area contributed by atoms with Crippen LogP contribution in [-0.2, 0) is 0 Å². The highest BCUT2D eigenvalue weighted by molar-refractivity contribution is 7.98. The molecule has 0 spiro atoms. The number of anilines is 1. The van der Waals surface area contributed by atoms with Gasteiger partial charge in [-0.25, -0.2) is 5.10 Å². The summed E-state index contributed by atoms with van der Waals surface area (Å²) >= 11 is 1.63. The van der Waals surface area contributed by atoms with Crippen LogP contribution in [0.25, 0.3) is 0 Å². The number of hydrogen-bond acceptors (Lipinski definition) is 5. The maximum Gasteiger partial charge on any atom is 0.337 e. The number of nitrogens with zero attached hydrogens (tertiary/aromatic N) is 2. The van der Waals surface area contributed by atoms with Gasteiger partial charge in [-0.05, 0) is 37.4 Å². The Balaban J connectivity index is 2.02. The van der Waals surface area contributed by atoms with Gasteiger partial charge in [-0.1, -0.05) is 0 Å². The van der Waals surface area contributed by atoms with E-state index in [0.29, 0.717) is 12.2 Å². The van der Waals surface area contributed by atoms with E-state index in [1.807, 2.05) is 25.3 Å². The molecule has 0 saturated heterocycles. The summed E-state index contributed by atoms with van der Waals surface area (Å²) in [6.45, 7) is 2.31. The number of nitrogens with one attached hydrogen (secondary N) is 2. The van der Waals surface area contributed by atoms with Gasteiger partial charge in [0, 0.05) is 10.5 Å². The van der Waals surface area contributed by atoms with Gasteiger partial charge in [-0.3, -0.25) is 10.1 Å². The summed E-state index contributed by atoms with van der Waals surface area (Å²) in [6.07, 6.45) is 1.98. The van der Waals surface area contributed by atoms with Crippen LogP contribution >= 0.6 is 11.8 Å². The van der Waals surface area contributed by atoms with Crippen molar-refractivity contribution in [3.05, 3.63) is 29.8 Å². The third kappa shape index (κ3) is 3.47. The number of carbonyl (C=O) groups is 1. The number of thioether (sulfide) groups is 1. The Bertz CT molecular complexity index is 553. The number of H-pyrrole nitrogens is 1. The average molecular weight is 278 g/mol. The summed E-state index contributed by atoms with van der Waals surface area (Å²) in [5.74, 6) is 0.0224. The van der Waals surface area contributed by atoms with Crippen LogP contribution in [-0.4, -0.2) is 34.0 Å². The van der Waals surface area contributed by atoms with Crippen molar-refractivity contribution < 1.29 is 9.53 Å². The summed E-state index contributed by atoms with van der Waals surface area (Å²) in [4.78, 5) is 17.0. The van der Waals surface area contributed by atoms with Crippen LogP contribution in [0.4, 0.5) is 5.95 Å². The lowest BCUT2D eigenvalue weighted by molar-refractivity contribution is 0.102. The van der Waals surface area contributed by atoms with Crippen molar-refractivity contribution in [1.82, 2.24) is 15.2 Å². The molecular formula is C12H14N4O2S. The molecule has 1 amide bonds. The van der Waals surface area contributed by atoms with Gasteiger partial charge in [-0.2, -0.15) is 4.98 Å². The van der Waals surface area contributed by atoms with E-state index >= 15 is 0 Å². The molecule has 0 atom stereocenters. The Morgan fingerprint density at radius 1 is 1.42 bits per heavy atom. The number of hydrogen-bond donors (Lipinski definition) is 2. The maximum atomic E-state index is 11.9. The Hall–Kier alpha value is -2.02. The normalized spacial score (nSPS) is 10.2. The highest BCUT2D eigenvalue weighted by Gasteiger charge is 2.09. The molecule has 100 valence electrons. The molecule has 19 heavy (non-hydrogen) atoms. The molecular weight excluding hydrogens is 264 g/mol. The van der Waals surface area contributed by atoms with Crippen molar-refractivity contribution in [3.63, 3.8) is 0 Å². The van der Waals surface area contributed by atoms with Crippen molar-refractivity contribution in [2.24, 2.45) is 0 Å². The quantitative estimate of drug-likeness (QED) is 0.819. The first-order valence-electron chi connectivity index (χ1n) is 5.73. The van der Waals surface area contributed by atoms with Crippen LogP contribution in [0.5, 0.6) is 6.01 Å². The number of aromatic amines is 1. The molecule has 1 heterocycles. The van der Waals surface area contributed by atoms with Crippen molar-refractivity contribution >= 4 is 23.6 Å². The fraction of sp³-hybridized carbons (Fsp3) is 0.250. The Morgan fingerprint density at radius 2 is 2.16 bits per heavy atom. The van der Waals surface area contributed by atoms with Gasteiger partial charge in [0.1, 0.15) is 0 Å². The first-order chi connectivity index (χ1) is 9.22. The van der Waals surface area contributed by atoms with Crippen molar-refractivity contribution in [1.29, 1.82) is 0 Å². The second kappa shape index (κ2) is 6.24. The molecule has 0 aliphatic rings. The lowest BCUT2D eigenvalue weighted by Crippen LogP contribution is -2.12. The van der Waals surface area contributed by atoms with Gasteiger partial charge in [0.25, 0.3) is 5.91 Å². The van der Waals surface area contributed by atoms with E-state index in [1.165, 1.54) is 0 Å². The Morgan fingerprint density at radius 3 is 2.79 bits per heavy atom. The number of carbonyl (C=O) groups excluding carboxylic acids is 1. The largest absolute Gasteiger partial charge is 0.463 e. The second-order valence-electron chi connectivity index (χ2n) is 3.58. The zero-order chi connectivity index (χ0) is 13.7. The van der Waals surface area contributed by atoms with E-state index in [4.69, 9.17) is 4.74 Å². The predicted molar refractivity (Wildman–Crippen MR) is 73.7 cm³/mol. The molecule has 2 N–H and O–H groups in total. The molecule has 7 heteroatoms. The van der Waals surface area contributed by atoms with E-state index in [-0.39, 0.29) is 17.9 Å². The zero-order valence-electron chi connectivity index (χ0n) is 10.6. The molecule has 0 aliphatic carbocycles. The molecule has 6 nitrogen and oxygen atoms in total. The van der Waals surface area contributed by atoms with Crippen LogP contribution in [0.3, 0.4) is 0 Å². The zero-order valence-corrected chi connectivity index (χ0v) is 11.5. The van der Waals surface area contributed by atoms with E-state index < -0.39 is 0 Å². The summed E-state index contributed by atoms with van der Waals surface area (Å²) in [7, 11) is 0. The third-order valence-corrected chi connectivity index (χ3v) is 3.07. The molecule has 0 radical (unpaired) electrons. The van der Waals surface area contributed by atoms with Gasteiger partial charge in [0.05, 0.1) is 6.61 Å². The number of aromatic nitrogens is 3. The second-order valence-corrected chi connectivity index (χ2v) is 4.46. The van der Waals surface area contributed by atoms with Gasteiger partial charge in [0.15, 0.2) is 0 Å².